The molecule has 0 aromatic heterocycles. The molecule has 3 saturated carbocycles. The molecule has 4 fully saturated rings. The van der Waals surface area contributed by atoms with E-state index in [4.69, 9.17) is 9.47 Å². The van der Waals surface area contributed by atoms with E-state index in [1.807, 2.05) is 0 Å². The van der Waals surface area contributed by atoms with Crippen molar-refractivity contribution in [2.24, 2.45) is 45.3 Å². The number of methoxy groups -OCH3 is 1. The van der Waals surface area contributed by atoms with Crippen molar-refractivity contribution in [3.63, 3.8) is 0 Å². The molecule has 5 aliphatic rings. The molecule has 0 spiro atoms. The molecule has 0 aromatic rings. The number of aliphatic hydroxyl groups is 3. The lowest BCUT2D eigenvalue weighted by Gasteiger charge is -2.64. The molecular formula is C31H52O5. The van der Waals surface area contributed by atoms with Gasteiger partial charge in [0.2, 0.25) is 0 Å². The molecule has 5 rings (SSSR count). The lowest BCUT2D eigenvalue weighted by molar-refractivity contribution is -0.184. The van der Waals surface area contributed by atoms with Gasteiger partial charge in [-0.05, 0) is 105 Å². The first-order valence-electron chi connectivity index (χ1n) is 14.6. The third-order valence-corrected chi connectivity index (χ3v) is 12.9. The third-order valence-electron chi connectivity index (χ3n) is 12.9. The molecule has 1 aliphatic heterocycles. The van der Waals surface area contributed by atoms with Crippen molar-refractivity contribution >= 4 is 0 Å². The molecule has 4 aliphatic carbocycles. The lowest BCUT2D eigenvalue weighted by atomic mass is 9.41. The zero-order valence-electron chi connectivity index (χ0n) is 24.0. The summed E-state index contributed by atoms with van der Waals surface area (Å²) in [7, 11) is 1.72. The molecule has 1 saturated heterocycles. The normalized spacial score (nSPS) is 51.2. The van der Waals surface area contributed by atoms with E-state index in [-0.39, 0.29) is 40.0 Å². The Labute approximate surface area is 219 Å². The zero-order chi connectivity index (χ0) is 26.5. The summed E-state index contributed by atoms with van der Waals surface area (Å²) in [4.78, 5) is 0. The molecule has 0 aromatic carbocycles. The fourth-order valence-corrected chi connectivity index (χ4v) is 10.4. The molecule has 1 heterocycles. The second-order valence-corrected chi connectivity index (χ2v) is 15.1. The molecular weight excluding hydrogens is 452 g/mol. The van der Waals surface area contributed by atoms with Crippen LogP contribution in [0.4, 0.5) is 0 Å². The summed E-state index contributed by atoms with van der Waals surface area (Å²) in [5.41, 5.74) is 1.01. The van der Waals surface area contributed by atoms with E-state index in [0.717, 1.165) is 32.1 Å². The Kier molecular flexibility index (Phi) is 6.42. The molecule has 0 bridgehead atoms. The van der Waals surface area contributed by atoms with Crippen LogP contribution in [0, 0.1) is 45.3 Å². The first kappa shape index (κ1) is 27.1. The molecule has 0 amide bonds. The van der Waals surface area contributed by atoms with E-state index >= 15 is 0 Å². The molecule has 5 heteroatoms. The summed E-state index contributed by atoms with van der Waals surface area (Å²) in [5.74, 6) is 1.81. The van der Waals surface area contributed by atoms with Crippen LogP contribution in [0.5, 0.6) is 0 Å². The minimum atomic E-state index is -1.20. The average molecular weight is 505 g/mol. The Morgan fingerprint density at radius 3 is 2.39 bits per heavy atom. The van der Waals surface area contributed by atoms with Gasteiger partial charge in [0.25, 0.3) is 0 Å². The standard InChI is InChI=1S/C31H52O5/c1-27(2)23-10-9-21-20(29(23,5)14-13-24(27)32)12-16-30(6)19(11-15-31(21,30)7)18-17-22(36-26(18)35-8)25(33)28(3,4)34/h9,18-20,22-26,32-34H,10-17H2,1-8H3/t18-,19-,20-,22+,23-,24-,25-,26+,29+,30-,31+/m0/s1. The largest absolute Gasteiger partial charge is 0.393 e. The van der Waals surface area contributed by atoms with Gasteiger partial charge in [0.1, 0.15) is 6.10 Å². The van der Waals surface area contributed by atoms with Gasteiger partial charge in [-0.15, -0.1) is 0 Å². The highest BCUT2D eigenvalue weighted by Crippen LogP contribution is 2.73. The van der Waals surface area contributed by atoms with Crippen LogP contribution in [0.2, 0.25) is 0 Å². The topological polar surface area (TPSA) is 79.2 Å². The maximum absolute atomic E-state index is 10.9. The highest BCUT2D eigenvalue weighted by molar-refractivity contribution is 5.33. The Hall–Kier alpha value is -0.460. The fourth-order valence-electron chi connectivity index (χ4n) is 10.4. The van der Waals surface area contributed by atoms with Gasteiger partial charge >= 0.3 is 0 Å². The predicted molar refractivity (Wildman–Crippen MR) is 141 cm³/mol. The van der Waals surface area contributed by atoms with Crippen LogP contribution < -0.4 is 0 Å². The number of rotatable bonds is 4. The number of hydrogen-bond donors (Lipinski definition) is 3. The minimum absolute atomic E-state index is 0.0436. The monoisotopic (exact) mass is 504 g/mol. The van der Waals surface area contributed by atoms with Gasteiger partial charge in [0.05, 0.1) is 17.8 Å². The smallest absolute Gasteiger partial charge is 0.160 e. The Bertz CT molecular complexity index is 890. The summed E-state index contributed by atoms with van der Waals surface area (Å²) in [6, 6.07) is 0. The van der Waals surface area contributed by atoms with E-state index in [9.17, 15) is 15.3 Å². The van der Waals surface area contributed by atoms with Crippen LogP contribution >= 0.6 is 0 Å². The summed E-state index contributed by atoms with van der Waals surface area (Å²) >= 11 is 0. The van der Waals surface area contributed by atoms with Gasteiger partial charge in [0, 0.05) is 13.0 Å². The van der Waals surface area contributed by atoms with Gasteiger partial charge in [-0.1, -0.05) is 46.3 Å². The van der Waals surface area contributed by atoms with Gasteiger partial charge in [-0.2, -0.15) is 0 Å². The highest BCUT2D eigenvalue weighted by Gasteiger charge is 2.66. The van der Waals surface area contributed by atoms with Gasteiger partial charge in [-0.25, -0.2) is 0 Å². The first-order valence-corrected chi connectivity index (χ1v) is 14.6. The number of hydrogen-bond acceptors (Lipinski definition) is 5. The quantitative estimate of drug-likeness (QED) is 0.443. The van der Waals surface area contributed by atoms with Crippen molar-refractivity contribution in [2.45, 2.75) is 130 Å². The Morgan fingerprint density at radius 1 is 1.06 bits per heavy atom. The highest BCUT2D eigenvalue weighted by atomic mass is 16.7. The average Bonchev–Trinajstić information content (AvgIpc) is 3.33. The zero-order valence-corrected chi connectivity index (χ0v) is 24.0. The summed E-state index contributed by atoms with van der Waals surface area (Å²) in [6.07, 6.45) is 9.34. The number of fused-ring (bicyclic) bond motifs is 5. The van der Waals surface area contributed by atoms with E-state index in [1.54, 1.807) is 26.5 Å². The van der Waals surface area contributed by atoms with Crippen LogP contribution in [0.25, 0.3) is 0 Å². The van der Waals surface area contributed by atoms with E-state index in [2.05, 4.69) is 40.7 Å². The van der Waals surface area contributed by atoms with Crippen LogP contribution in [0.15, 0.2) is 11.6 Å². The van der Waals surface area contributed by atoms with Crippen molar-refractivity contribution in [1.29, 1.82) is 0 Å². The van der Waals surface area contributed by atoms with E-state index < -0.39 is 17.8 Å². The fraction of sp³-hybridized carbons (Fsp3) is 0.935. The minimum Gasteiger partial charge on any atom is -0.393 e. The van der Waals surface area contributed by atoms with Crippen molar-refractivity contribution in [1.82, 2.24) is 0 Å². The lowest BCUT2D eigenvalue weighted by Crippen LogP contribution is -2.58. The van der Waals surface area contributed by atoms with Crippen molar-refractivity contribution < 1.29 is 24.8 Å². The van der Waals surface area contributed by atoms with E-state index in [0.29, 0.717) is 17.8 Å². The number of aliphatic hydroxyl groups excluding tert-OH is 2. The van der Waals surface area contributed by atoms with Crippen LogP contribution in [0.1, 0.15) is 99.8 Å². The molecule has 5 nitrogen and oxygen atoms in total. The van der Waals surface area contributed by atoms with Crippen LogP contribution in [-0.2, 0) is 9.47 Å². The Balaban J connectivity index is 1.45. The second-order valence-electron chi connectivity index (χ2n) is 15.1. The van der Waals surface area contributed by atoms with Gasteiger partial charge < -0.3 is 24.8 Å². The Morgan fingerprint density at radius 2 is 1.75 bits per heavy atom. The predicted octanol–water partition coefficient (Wildman–Crippen LogP) is 5.46. The van der Waals surface area contributed by atoms with Gasteiger partial charge in [0.15, 0.2) is 6.29 Å². The first-order chi connectivity index (χ1) is 16.6. The summed E-state index contributed by atoms with van der Waals surface area (Å²) in [6.45, 7) is 15.5. The summed E-state index contributed by atoms with van der Waals surface area (Å²) in [5, 5.41) is 32.1. The van der Waals surface area contributed by atoms with E-state index in [1.165, 1.54) is 19.3 Å². The van der Waals surface area contributed by atoms with Gasteiger partial charge in [-0.3, -0.25) is 0 Å². The second kappa shape index (κ2) is 8.52. The maximum atomic E-state index is 10.9. The van der Waals surface area contributed by atoms with Crippen molar-refractivity contribution in [2.75, 3.05) is 7.11 Å². The summed E-state index contributed by atoms with van der Waals surface area (Å²) < 4.78 is 12.1. The van der Waals surface area contributed by atoms with Crippen molar-refractivity contribution in [3.05, 3.63) is 11.6 Å². The SMILES string of the molecule is CO[C@@H]1O[C@@H]([C@H](O)C(C)(C)O)C[C@H]1[C@@H]1CC[C@]2(C)C3=CC[C@H]4C(C)(C)[C@@H](O)CC[C@]4(C)[C@H]3CC[C@@]12C. The molecule has 3 N–H and O–H groups in total. The number of ether oxygens (including phenoxy) is 2. The molecule has 0 unspecified atom stereocenters. The molecule has 206 valence electrons. The van der Waals surface area contributed by atoms with Crippen molar-refractivity contribution in [3.8, 4) is 0 Å². The molecule has 11 atom stereocenters. The maximum Gasteiger partial charge on any atom is 0.160 e. The van der Waals surface area contributed by atoms with Crippen LogP contribution in [-0.4, -0.2) is 52.6 Å². The third kappa shape index (κ3) is 3.58. The molecule has 36 heavy (non-hydrogen) atoms. The molecule has 0 radical (unpaired) electrons. The number of allylic oxidation sites excluding steroid dienone is 2. The van der Waals surface area contributed by atoms with Crippen LogP contribution in [0.3, 0.4) is 0 Å².